The van der Waals surface area contributed by atoms with E-state index in [0.717, 1.165) is 0 Å². The van der Waals surface area contributed by atoms with E-state index in [4.69, 9.17) is 19.3 Å². The van der Waals surface area contributed by atoms with Crippen molar-refractivity contribution in [2.45, 2.75) is 13.8 Å². The molecule has 0 aliphatic carbocycles. The van der Waals surface area contributed by atoms with Crippen molar-refractivity contribution in [3.05, 3.63) is 23.8 Å². The number of ether oxygens (including phenoxy) is 3. The Morgan fingerprint density at radius 3 is 2.50 bits per heavy atom. The largest absolute Gasteiger partial charge is 0.490 e. The minimum Gasteiger partial charge on any atom is -0.490 e. The lowest BCUT2D eigenvalue weighted by Gasteiger charge is -2.12. The lowest BCUT2D eigenvalue weighted by molar-refractivity contribution is 0.0696. The Kier molecular flexibility index (Phi) is 6.00. The van der Waals surface area contributed by atoms with E-state index in [1.807, 2.05) is 13.8 Å². The summed E-state index contributed by atoms with van der Waals surface area (Å²) in [5, 5.41) is 8.90. The van der Waals surface area contributed by atoms with Crippen molar-refractivity contribution >= 4 is 5.97 Å². The molecule has 0 heterocycles. The van der Waals surface area contributed by atoms with Crippen LogP contribution < -0.4 is 9.47 Å². The fourth-order valence-corrected chi connectivity index (χ4v) is 1.38. The van der Waals surface area contributed by atoms with Gasteiger partial charge in [-0.1, -0.05) is 0 Å². The first kappa shape index (κ1) is 14.3. The molecule has 0 fully saturated rings. The van der Waals surface area contributed by atoms with Gasteiger partial charge in [-0.15, -0.1) is 0 Å². The predicted octanol–water partition coefficient (Wildman–Crippen LogP) is 2.20. The molecule has 0 aliphatic heterocycles. The lowest BCUT2D eigenvalue weighted by Crippen LogP contribution is -2.08. The van der Waals surface area contributed by atoms with E-state index >= 15 is 0 Å². The van der Waals surface area contributed by atoms with Crippen molar-refractivity contribution in [1.82, 2.24) is 0 Å². The predicted molar refractivity (Wildman–Crippen MR) is 66.6 cm³/mol. The van der Waals surface area contributed by atoms with E-state index < -0.39 is 5.97 Å². The van der Waals surface area contributed by atoms with Crippen LogP contribution in [0.25, 0.3) is 0 Å². The van der Waals surface area contributed by atoms with Gasteiger partial charge >= 0.3 is 5.97 Å². The summed E-state index contributed by atoms with van der Waals surface area (Å²) < 4.78 is 16.0. The second-order valence-corrected chi connectivity index (χ2v) is 3.45. The fraction of sp³-hybridized carbons (Fsp3) is 0.462. The van der Waals surface area contributed by atoms with Crippen molar-refractivity contribution in [3.8, 4) is 11.5 Å². The van der Waals surface area contributed by atoms with E-state index in [9.17, 15) is 4.79 Å². The summed E-state index contributed by atoms with van der Waals surface area (Å²) >= 11 is 0. The first-order valence-electron chi connectivity index (χ1n) is 5.89. The number of carboxylic acid groups (broad SMARTS) is 1. The van der Waals surface area contributed by atoms with Crippen molar-refractivity contribution in [1.29, 1.82) is 0 Å². The zero-order chi connectivity index (χ0) is 13.4. The molecular weight excluding hydrogens is 236 g/mol. The normalized spacial score (nSPS) is 10.1. The summed E-state index contributed by atoms with van der Waals surface area (Å²) in [6, 6.07) is 4.54. The number of rotatable bonds is 8. The van der Waals surface area contributed by atoms with Gasteiger partial charge < -0.3 is 19.3 Å². The molecule has 0 aliphatic rings. The van der Waals surface area contributed by atoms with Crippen LogP contribution in [0, 0.1) is 0 Å². The molecule has 0 spiro atoms. The van der Waals surface area contributed by atoms with E-state index in [0.29, 0.717) is 37.9 Å². The Morgan fingerprint density at radius 2 is 1.89 bits per heavy atom. The molecule has 5 heteroatoms. The Hall–Kier alpha value is -1.75. The maximum atomic E-state index is 10.9. The van der Waals surface area contributed by atoms with Gasteiger partial charge in [0.25, 0.3) is 0 Å². The van der Waals surface area contributed by atoms with Gasteiger partial charge in [0.05, 0.1) is 18.8 Å². The van der Waals surface area contributed by atoms with E-state index in [1.165, 1.54) is 12.1 Å². The van der Waals surface area contributed by atoms with Gasteiger partial charge in [-0.3, -0.25) is 0 Å². The third-order valence-corrected chi connectivity index (χ3v) is 2.18. The number of hydrogen-bond donors (Lipinski definition) is 1. The minimum absolute atomic E-state index is 0.176. The first-order chi connectivity index (χ1) is 8.69. The van der Waals surface area contributed by atoms with Crippen LogP contribution in [0.4, 0.5) is 0 Å². The molecule has 1 aromatic rings. The Balaban J connectivity index is 2.73. The average molecular weight is 254 g/mol. The Bertz CT molecular complexity index is 389. The van der Waals surface area contributed by atoms with Gasteiger partial charge in [-0.25, -0.2) is 4.79 Å². The van der Waals surface area contributed by atoms with Gasteiger partial charge in [0.2, 0.25) is 0 Å². The third kappa shape index (κ3) is 4.25. The number of benzene rings is 1. The van der Waals surface area contributed by atoms with Gasteiger partial charge in [-0.2, -0.15) is 0 Å². The lowest BCUT2D eigenvalue weighted by atomic mass is 10.2. The molecule has 0 amide bonds. The number of carbonyl (C=O) groups is 1. The van der Waals surface area contributed by atoms with Crippen LogP contribution in [0.3, 0.4) is 0 Å². The molecule has 100 valence electrons. The second-order valence-electron chi connectivity index (χ2n) is 3.45. The Morgan fingerprint density at radius 1 is 1.11 bits per heavy atom. The van der Waals surface area contributed by atoms with E-state index in [2.05, 4.69) is 0 Å². The topological polar surface area (TPSA) is 65.0 Å². The maximum absolute atomic E-state index is 10.9. The van der Waals surface area contributed by atoms with Crippen LogP contribution in [0.5, 0.6) is 11.5 Å². The number of aromatic carboxylic acids is 1. The van der Waals surface area contributed by atoms with Crippen molar-refractivity contribution in [2.75, 3.05) is 26.4 Å². The highest BCUT2D eigenvalue weighted by Gasteiger charge is 2.10. The summed E-state index contributed by atoms with van der Waals surface area (Å²) in [7, 11) is 0. The van der Waals surface area contributed by atoms with Crippen LogP contribution in [-0.2, 0) is 4.74 Å². The van der Waals surface area contributed by atoms with Gasteiger partial charge in [0.15, 0.2) is 11.5 Å². The van der Waals surface area contributed by atoms with Crippen LogP contribution in [0.1, 0.15) is 24.2 Å². The third-order valence-electron chi connectivity index (χ3n) is 2.18. The highest BCUT2D eigenvalue weighted by atomic mass is 16.5. The summed E-state index contributed by atoms with van der Waals surface area (Å²) in [4.78, 5) is 10.9. The minimum atomic E-state index is -0.989. The standard InChI is InChI=1S/C13H18O5/c1-3-16-7-8-18-11-6-5-10(13(14)15)9-12(11)17-4-2/h5-6,9H,3-4,7-8H2,1-2H3,(H,14,15). The van der Waals surface area contributed by atoms with Gasteiger partial charge in [-0.05, 0) is 32.0 Å². The smallest absolute Gasteiger partial charge is 0.335 e. The summed E-state index contributed by atoms with van der Waals surface area (Å²) in [5.41, 5.74) is 0.176. The van der Waals surface area contributed by atoms with E-state index in [1.54, 1.807) is 6.07 Å². The number of carboxylic acids is 1. The zero-order valence-electron chi connectivity index (χ0n) is 10.6. The highest BCUT2D eigenvalue weighted by Crippen LogP contribution is 2.28. The molecule has 0 atom stereocenters. The van der Waals surface area contributed by atoms with Crippen LogP contribution in [-0.4, -0.2) is 37.5 Å². The SMILES string of the molecule is CCOCCOc1ccc(C(=O)O)cc1OCC. The average Bonchev–Trinajstić information content (AvgIpc) is 2.36. The first-order valence-corrected chi connectivity index (χ1v) is 5.89. The Labute approximate surface area is 106 Å². The molecule has 0 aromatic heterocycles. The maximum Gasteiger partial charge on any atom is 0.335 e. The molecule has 1 aromatic carbocycles. The molecule has 0 radical (unpaired) electrons. The molecule has 1 rings (SSSR count). The fourth-order valence-electron chi connectivity index (χ4n) is 1.38. The molecule has 0 bridgehead atoms. The van der Waals surface area contributed by atoms with Crippen LogP contribution in [0.2, 0.25) is 0 Å². The second kappa shape index (κ2) is 7.55. The molecule has 0 unspecified atom stereocenters. The molecule has 18 heavy (non-hydrogen) atoms. The molecule has 5 nitrogen and oxygen atoms in total. The quantitative estimate of drug-likeness (QED) is 0.720. The van der Waals surface area contributed by atoms with Crippen molar-refractivity contribution < 1.29 is 24.1 Å². The van der Waals surface area contributed by atoms with Crippen molar-refractivity contribution in [3.63, 3.8) is 0 Å². The highest BCUT2D eigenvalue weighted by molar-refractivity contribution is 5.88. The zero-order valence-corrected chi connectivity index (χ0v) is 10.6. The molecule has 1 N–H and O–H groups in total. The number of hydrogen-bond acceptors (Lipinski definition) is 4. The van der Waals surface area contributed by atoms with Crippen LogP contribution in [0.15, 0.2) is 18.2 Å². The summed E-state index contributed by atoms with van der Waals surface area (Å²) in [5.74, 6) is -0.0210. The summed E-state index contributed by atoms with van der Waals surface area (Å²) in [6.07, 6.45) is 0. The van der Waals surface area contributed by atoms with Crippen LogP contribution >= 0.6 is 0 Å². The molecule has 0 saturated heterocycles. The van der Waals surface area contributed by atoms with Gasteiger partial charge in [0, 0.05) is 6.61 Å². The monoisotopic (exact) mass is 254 g/mol. The molecular formula is C13H18O5. The molecule has 0 saturated carbocycles. The van der Waals surface area contributed by atoms with E-state index in [-0.39, 0.29) is 5.56 Å². The van der Waals surface area contributed by atoms with Gasteiger partial charge in [0.1, 0.15) is 6.61 Å². The summed E-state index contributed by atoms with van der Waals surface area (Å²) in [6.45, 7) is 5.72. The van der Waals surface area contributed by atoms with Crippen molar-refractivity contribution in [2.24, 2.45) is 0 Å².